The summed E-state index contributed by atoms with van der Waals surface area (Å²) in [6, 6.07) is 14.5. The number of imidazole rings is 1. The van der Waals surface area contributed by atoms with Crippen LogP contribution in [0.1, 0.15) is 79.3 Å². The Balaban J connectivity index is 1.43. The highest BCUT2D eigenvalue weighted by Crippen LogP contribution is 2.25. The van der Waals surface area contributed by atoms with E-state index < -0.39 is 0 Å². The zero-order valence-electron chi connectivity index (χ0n) is 24.7. The molecule has 2 bridgehead atoms. The van der Waals surface area contributed by atoms with Crippen LogP contribution in [-0.2, 0) is 24.2 Å². The molecule has 0 spiro atoms. The Morgan fingerprint density at radius 2 is 1.88 bits per heavy atom. The quantitative estimate of drug-likeness (QED) is 0.350. The van der Waals surface area contributed by atoms with E-state index in [1.807, 2.05) is 30.6 Å². The van der Waals surface area contributed by atoms with Crippen LogP contribution in [0.15, 0.2) is 54.9 Å². The van der Waals surface area contributed by atoms with Crippen LogP contribution in [0, 0.1) is 5.92 Å². The normalized spacial score (nSPS) is 14.9. The molecule has 7 nitrogen and oxygen atoms in total. The SMILES string of the molecule is CC(C)CCN1CCOCCOc2ccc(C(=O)NCCCn3ccnc3C(C)C)cc2Cc2cccc(c2)C1. The number of carbonyl (C=O) groups is 1. The lowest BCUT2D eigenvalue weighted by Gasteiger charge is -2.24. The number of rotatable bonds is 9. The zero-order valence-corrected chi connectivity index (χ0v) is 24.7. The van der Waals surface area contributed by atoms with Gasteiger partial charge >= 0.3 is 0 Å². The second-order valence-electron chi connectivity index (χ2n) is 11.5. The summed E-state index contributed by atoms with van der Waals surface area (Å²) in [5.41, 5.74) is 4.19. The standard InChI is InChI=1S/C33H46N4O3/c1-25(2)11-15-36-17-18-39-19-20-40-31-10-9-29(23-30(31)22-27-7-5-8-28(21-27)24-36)33(38)35-12-6-14-37-16-13-34-32(37)26(3)4/h5,7-10,13,16,21,23,25-26H,6,11-12,14-15,17-20,22,24H2,1-4H3,(H,35,38). The van der Waals surface area contributed by atoms with Crippen LogP contribution in [0.3, 0.4) is 0 Å². The Bertz CT molecular complexity index is 1220. The second kappa shape index (κ2) is 15.0. The molecule has 4 rings (SSSR count). The molecule has 0 saturated carbocycles. The maximum absolute atomic E-state index is 13.1. The van der Waals surface area contributed by atoms with Crippen molar-refractivity contribution in [2.45, 2.75) is 66.0 Å². The molecule has 0 saturated heterocycles. The van der Waals surface area contributed by atoms with Crippen molar-refractivity contribution < 1.29 is 14.3 Å². The van der Waals surface area contributed by atoms with Gasteiger partial charge in [0.15, 0.2) is 0 Å². The second-order valence-corrected chi connectivity index (χ2v) is 11.5. The van der Waals surface area contributed by atoms with Crippen molar-refractivity contribution in [3.05, 3.63) is 82.9 Å². The van der Waals surface area contributed by atoms with E-state index in [4.69, 9.17) is 9.47 Å². The van der Waals surface area contributed by atoms with Crippen molar-refractivity contribution in [1.29, 1.82) is 0 Å². The third-order valence-electron chi connectivity index (χ3n) is 7.30. The smallest absolute Gasteiger partial charge is 0.251 e. The van der Waals surface area contributed by atoms with Crippen LogP contribution in [0.5, 0.6) is 5.75 Å². The molecule has 216 valence electrons. The number of hydrogen-bond donors (Lipinski definition) is 1. The fraction of sp³-hybridized carbons (Fsp3) is 0.515. The van der Waals surface area contributed by atoms with Gasteiger partial charge in [-0.3, -0.25) is 9.69 Å². The van der Waals surface area contributed by atoms with Gasteiger partial charge in [-0.15, -0.1) is 0 Å². The fourth-order valence-electron chi connectivity index (χ4n) is 5.10. The summed E-state index contributed by atoms with van der Waals surface area (Å²) in [5, 5.41) is 3.09. The highest BCUT2D eigenvalue weighted by atomic mass is 16.5. The van der Waals surface area contributed by atoms with Crippen molar-refractivity contribution in [2.75, 3.05) is 39.5 Å². The van der Waals surface area contributed by atoms with Gasteiger partial charge in [0.2, 0.25) is 0 Å². The van der Waals surface area contributed by atoms with E-state index in [9.17, 15) is 4.79 Å². The summed E-state index contributed by atoms with van der Waals surface area (Å²) in [7, 11) is 0. The van der Waals surface area contributed by atoms with Crippen molar-refractivity contribution >= 4 is 5.91 Å². The first-order valence-corrected chi connectivity index (χ1v) is 14.8. The fourth-order valence-corrected chi connectivity index (χ4v) is 5.10. The van der Waals surface area contributed by atoms with E-state index >= 15 is 0 Å². The first kappa shape index (κ1) is 29.8. The highest BCUT2D eigenvalue weighted by molar-refractivity contribution is 5.94. The van der Waals surface area contributed by atoms with E-state index in [0.717, 1.165) is 49.7 Å². The Hall–Kier alpha value is -3.16. The van der Waals surface area contributed by atoms with E-state index in [-0.39, 0.29) is 5.91 Å². The summed E-state index contributed by atoms with van der Waals surface area (Å²) < 4.78 is 14.2. The molecule has 2 heterocycles. The van der Waals surface area contributed by atoms with Crippen LogP contribution in [0.2, 0.25) is 0 Å². The molecule has 1 aliphatic rings. The molecular formula is C33H46N4O3. The number of aryl methyl sites for hydroxylation is 1. The number of amides is 1. The predicted molar refractivity (Wildman–Crippen MR) is 160 cm³/mol. The van der Waals surface area contributed by atoms with Gasteiger partial charge in [0.1, 0.15) is 18.2 Å². The van der Waals surface area contributed by atoms with Crippen molar-refractivity contribution in [3.63, 3.8) is 0 Å². The molecule has 1 N–H and O–H groups in total. The summed E-state index contributed by atoms with van der Waals surface area (Å²) in [4.78, 5) is 20.0. The molecule has 1 aromatic heterocycles. The minimum atomic E-state index is -0.0604. The number of nitrogens with zero attached hydrogens (tertiary/aromatic N) is 3. The van der Waals surface area contributed by atoms with Crippen LogP contribution >= 0.6 is 0 Å². The molecule has 40 heavy (non-hydrogen) atoms. The van der Waals surface area contributed by atoms with Gasteiger partial charge in [0.25, 0.3) is 5.91 Å². The lowest BCUT2D eigenvalue weighted by molar-refractivity contribution is 0.0764. The van der Waals surface area contributed by atoms with E-state index in [0.29, 0.717) is 50.2 Å². The maximum atomic E-state index is 13.1. The van der Waals surface area contributed by atoms with Gasteiger partial charge in [0.05, 0.1) is 13.2 Å². The molecular weight excluding hydrogens is 500 g/mol. The summed E-state index contributed by atoms with van der Waals surface area (Å²) >= 11 is 0. The number of ether oxygens (including phenoxy) is 2. The maximum Gasteiger partial charge on any atom is 0.251 e. The largest absolute Gasteiger partial charge is 0.491 e. The molecule has 0 aliphatic carbocycles. The first-order chi connectivity index (χ1) is 19.4. The Morgan fingerprint density at radius 3 is 2.70 bits per heavy atom. The molecule has 7 heteroatoms. The topological polar surface area (TPSA) is 68.6 Å². The third kappa shape index (κ3) is 8.93. The molecule has 0 atom stereocenters. The molecule has 0 radical (unpaired) electrons. The molecule has 0 fully saturated rings. The molecule has 3 aromatic rings. The first-order valence-electron chi connectivity index (χ1n) is 14.8. The zero-order chi connectivity index (χ0) is 28.3. The number of carbonyl (C=O) groups excluding carboxylic acids is 1. The summed E-state index contributed by atoms with van der Waals surface area (Å²) in [5.74, 6) is 2.88. The Kier molecular flexibility index (Phi) is 11.2. The van der Waals surface area contributed by atoms with Crippen molar-refractivity contribution in [2.24, 2.45) is 5.92 Å². The van der Waals surface area contributed by atoms with Gasteiger partial charge in [-0.1, -0.05) is 52.0 Å². The van der Waals surface area contributed by atoms with Gasteiger partial charge in [-0.05, 0) is 60.2 Å². The number of benzene rings is 2. The number of hydrogen-bond acceptors (Lipinski definition) is 5. The number of aromatic nitrogens is 2. The third-order valence-corrected chi connectivity index (χ3v) is 7.30. The van der Waals surface area contributed by atoms with E-state index in [1.54, 1.807) is 0 Å². The highest BCUT2D eigenvalue weighted by Gasteiger charge is 2.14. The average molecular weight is 547 g/mol. The lowest BCUT2D eigenvalue weighted by Crippen LogP contribution is -2.29. The van der Waals surface area contributed by atoms with Crippen LogP contribution < -0.4 is 10.1 Å². The molecule has 1 amide bonds. The van der Waals surface area contributed by atoms with Crippen LogP contribution in [0.4, 0.5) is 0 Å². The van der Waals surface area contributed by atoms with Gasteiger partial charge in [0, 0.05) is 56.5 Å². The average Bonchev–Trinajstić information content (AvgIpc) is 3.41. The van der Waals surface area contributed by atoms with Gasteiger partial charge < -0.3 is 19.4 Å². The monoisotopic (exact) mass is 546 g/mol. The van der Waals surface area contributed by atoms with Crippen molar-refractivity contribution in [1.82, 2.24) is 19.8 Å². The number of fused-ring (bicyclic) bond motifs is 3. The summed E-state index contributed by atoms with van der Waals surface area (Å²) in [6.45, 7) is 14.9. The van der Waals surface area contributed by atoms with Crippen LogP contribution in [0.25, 0.3) is 0 Å². The van der Waals surface area contributed by atoms with E-state index in [1.165, 1.54) is 17.5 Å². The lowest BCUT2D eigenvalue weighted by atomic mass is 9.99. The van der Waals surface area contributed by atoms with E-state index in [2.05, 4.69) is 71.7 Å². The molecule has 1 aliphatic heterocycles. The molecule has 0 unspecified atom stereocenters. The minimum Gasteiger partial charge on any atom is -0.491 e. The van der Waals surface area contributed by atoms with Gasteiger partial charge in [-0.2, -0.15) is 0 Å². The van der Waals surface area contributed by atoms with Gasteiger partial charge in [-0.25, -0.2) is 4.98 Å². The van der Waals surface area contributed by atoms with Crippen molar-refractivity contribution in [3.8, 4) is 5.75 Å². The Labute approximate surface area is 239 Å². The minimum absolute atomic E-state index is 0.0604. The Morgan fingerprint density at radius 1 is 1.02 bits per heavy atom. The predicted octanol–water partition coefficient (Wildman–Crippen LogP) is 5.67. The number of nitrogens with one attached hydrogen (secondary N) is 1. The van der Waals surface area contributed by atoms with Crippen LogP contribution in [-0.4, -0.2) is 59.8 Å². The summed E-state index contributed by atoms with van der Waals surface area (Å²) in [6.07, 6.45) is 6.57. The molecule has 2 aromatic carbocycles.